The number of benzene rings is 2. The summed E-state index contributed by atoms with van der Waals surface area (Å²) in [6, 6.07) is 17.7. The van der Waals surface area contributed by atoms with E-state index in [1.54, 1.807) is 0 Å². The van der Waals surface area contributed by atoms with Gasteiger partial charge in [0.2, 0.25) is 0 Å². The van der Waals surface area contributed by atoms with Crippen molar-refractivity contribution in [3.8, 4) is 11.1 Å². The van der Waals surface area contributed by atoms with Crippen LogP contribution in [-0.2, 0) is 4.74 Å². The fourth-order valence-electron chi connectivity index (χ4n) is 5.66. The Morgan fingerprint density at radius 3 is 2.08 bits per heavy atom. The van der Waals surface area contributed by atoms with E-state index in [2.05, 4.69) is 55.5 Å². The Kier molecular flexibility index (Phi) is 3.35. The minimum atomic E-state index is 0.393. The van der Waals surface area contributed by atoms with Crippen molar-refractivity contribution < 1.29 is 4.74 Å². The molecule has 0 radical (unpaired) electrons. The van der Waals surface area contributed by atoms with Crippen LogP contribution in [-0.4, -0.2) is 12.7 Å². The SMILES string of the molecule is CC(OCC1c2ccccc2-c2ccccc21)C12CCC(CC1)C2. The summed E-state index contributed by atoms with van der Waals surface area (Å²) in [5.41, 5.74) is 6.17. The Balaban J connectivity index is 1.39. The summed E-state index contributed by atoms with van der Waals surface area (Å²) < 4.78 is 6.54. The molecule has 0 amide bonds. The Morgan fingerprint density at radius 2 is 1.54 bits per heavy atom. The van der Waals surface area contributed by atoms with E-state index in [4.69, 9.17) is 4.74 Å². The van der Waals surface area contributed by atoms with E-state index in [9.17, 15) is 0 Å². The second-order valence-electron chi connectivity index (χ2n) is 8.21. The molecule has 0 saturated heterocycles. The summed E-state index contributed by atoms with van der Waals surface area (Å²) >= 11 is 0. The van der Waals surface area contributed by atoms with Crippen LogP contribution in [0.5, 0.6) is 0 Å². The third-order valence-electron chi connectivity index (χ3n) is 7.13. The molecule has 1 unspecified atom stereocenters. The van der Waals surface area contributed by atoms with Gasteiger partial charge < -0.3 is 4.74 Å². The number of ether oxygens (including phenoxy) is 1. The van der Waals surface area contributed by atoms with Gasteiger partial charge in [0.05, 0.1) is 12.7 Å². The van der Waals surface area contributed by atoms with E-state index in [-0.39, 0.29) is 0 Å². The quantitative estimate of drug-likeness (QED) is 0.694. The molecule has 1 heteroatoms. The summed E-state index contributed by atoms with van der Waals surface area (Å²) in [5.74, 6) is 1.39. The van der Waals surface area contributed by atoms with Crippen molar-refractivity contribution in [2.24, 2.45) is 11.3 Å². The van der Waals surface area contributed by atoms with Crippen molar-refractivity contribution >= 4 is 0 Å². The van der Waals surface area contributed by atoms with E-state index in [0.29, 0.717) is 17.4 Å². The maximum absolute atomic E-state index is 6.54. The molecule has 1 nitrogen and oxygen atoms in total. The van der Waals surface area contributed by atoms with Crippen LogP contribution in [0.15, 0.2) is 48.5 Å². The third-order valence-corrected chi connectivity index (χ3v) is 7.13. The van der Waals surface area contributed by atoms with E-state index >= 15 is 0 Å². The van der Waals surface area contributed by atoms with Crippen LogP contribution in [0.3, 0.4) is 0 Å². The van der Waals surface area contributed by atoms with Crippen molar-refractivity contribution in [2.75, 3.05) is 6.61 Å². The van der Waals surface area contributed by atoms with Gasteiger partial charge >= 0.3 is 0 Å². The lowest BCUT2D eigenvalue weighted by Gasteiger charge is -2.34. The molecule has 124 valence electrons. The van der Waals surface area contributed by atoms with Gasteiger partial charge in [-0.1, -0.05) is 48.5 Å². The number of fused-ring (bicyclic) bond motifs is 5. The highest BCUT2D eigenvalue weighted by Gasteiger charge is 2.48. The first kappa shape index (κ1) is 14.7. The van der Waals surface area contributed by atoms with E-state index < -0.39 is 0 Å². The molecular formula is C23H26O. The van der Waals surface area contributed by atoms with Gasteiger partial charge in [0.1, 0.15) is 0 Å². The lowest BCUT2D eigenvalue weighted by Crippen LogP contribution is -2.32. The minimum absolute atomic E-state index is 0.393. The van der Waals surface area contributed by atoms with E-state index in [1.807, 2.05) is 0 Å². The average Bonchev–Trinajstić information content (AvgIpc) is 3.32. The van der Waals surface area contributed by atoms with Crippen LogP contribution >= 0.6 is 0 Å². The second-order valence-corrected chi connectivity index (χ2v) is 8.21. The first-order valence-corrected chi connectivity index (χ1v) is 9.57. The highest BCUT2D eigenvalue weighted by Crippen LogP contribution is 2.57. The van der Waals surface area contributed by atoms with E-state index in [0.717, 1.165) is 12.5 Å². The van der Waals surface area contributed by atoms with Crippen molar-refractivity contribution in [3.05, 3.63) is 59.7 Å². The number of rotatable bonds is 4. The first-order chi connectivity index (χ1) is 11.8. The molecule has 0 aromatic heterocycles. The first-order valence-electron chi connectivity index (χ1n) is 9.57. The molecule has 1 atom stereocenters. The zero-order valence-corrected chi connectivity index (χ0v) is 14.5. The maximum atomic E-state index is 6.54. The van der Waals surface area contributed by atoms with Gasteiger partial charge in [-0.05, 0) is 72.6 Å². The molecule has 0 N–H and O–H groups in total. The fourth-order valence-corrected chi connectivity index (χ4v) is 5.66. The largest absolute Gasteiger partial charge is 0.377 e. The predicted octanol–water partition coefficient (Wildman–Crippen LogP) is 5.78. The molecule has 24 heavy (non-hydrogen) atoms. The van der Waals surface area contributed by atoms with Gasteiger partial charge in [0, 0.05) is 5.92 Å². The topological polar surface area (TPSA) is 9.23 Å². The van der Waals surface area contributed by atoms with Crippen molar-refractivity contribution in [1.29, 1.82) is 0 Å². The van der Waals surface area contributed by atoms with Gasteiger partial charge in [0.25, 0.3) is 0 Å². The average molecular weight is 318 g/mol. The van der Waals surface area contributed by atoms with Crippen molar-refractivity contribution in [1.82, 2.24) is 0 Å². The Labute approximate surface area is 145 Å². The van der Waals surface area contributed by atoms with E-state index in [1.165, 1.54) is 54.4 Å². The summed E-state index contributed by atoms with van der Waals surface area (Å²) in [7, 11) is 0. The number of hydrogen-bond acceptors (Lipinski definition) is 1. The number of hydrogen-bond donors (Lipinski definition) is 0. The highest BCUT2D eigenvalue weighted by molar-refractivity contribution is 5.78. The van der Waals surface area contributed by atoms with Crippen LogP contribution in [0, 0.1) is 11.3 Å². The molecule has 3 aliphatic rings. The molecule has 2 fully saturated rings. The summed E-state index contributed by atoms with van der Waals surface area (Å²) in [6.45, 7) is 3.15. The minimum Gasteiger partial charge on any atom is -0.377 e. The molecule has 2 saturated carbocycles. The Morgan fingerprint density at radius 1 is 0.958 bits per heavy atom. The van der Waals surface area contributed by atoms with Crippen LogP contribution in [0.25, 0.3) is 11.1 Å². The Hall–Kier alpha value is -1.60. The second kappa shape index (κ2) is 5.46. The summed E-state index contributed by atoms with van der Waals surface area (Å²) in [4.78, 5) is 0. The van der Waals surface area contributed by atoms with Crippen LogP contribution in [0.4, 0.5) is 0 Å². The standard InChI is InChI=1S/C23H26O/c1-16(23-12-10-17(14-23)11-13-23)24-15-22-20-8-4-2-6-18(20)19-7-3-5-9-21(19)22/h2-9,16-17,22H,10-15H2,1H3. The summed E-state index contributed by atoms with van der Waals surface area (Å²) in [6.07, 6.45) is 7.44. The highest BCUT2D eigenvalue weighted by atomic mass is 16.5. The predicted molar refractivity (Wildman–Crippen MR) is 98.1 cm³/mol. The van der Waals surface area contributed by atoms with Crippen LogP contribution in [0.2, 0.25) is 0 Å². The lowest BCUT2D eigenvalue weighted by atomic mass is 9.79. The molecule has 2 aromatic rings. The normalized spacial score (nSPS) is 28.8. The van der Waals surface area contributed by atoms with Crippen LogP contribution in [0.1, 0.15) is 56.1 Å². The molecule has 0 aliphatic heterocycles. The summed E-state index contributed by atoms with van der Waals surface area (Å²) in [5, 5.41) is 0. The maximum Gasteiger partial charge on any atom is 0.0603 e. The van der Waals surface area contributed by atoms with Crippen LogP contribution < -0.4 is 0 Å². The molecule has 0 heterocycles. The smallest absolute Gasteiger partial charge is 0.0603 e. The fraction of sp³-hybridized carbons (Fsp3) is 0.478. The van der Waals surface area contributed by atoms with Crippen molar-refractivity contribution in [2.45, 2.75) is 51.0 Å². The monoisotopic (exact) mass is 318 g/mol. The van der Waals surface area contributed by atoms with Gasteiger partial charge in [-0.25, -0.2) is 0 Å². The third kappa shape index (κ3) is 2.10. The zero-order chi connectivity index (χ0) is 16.1. The zero-order valence-electron chi connectivity index (χ0n) is 14.5. The van der Waals surface area contributed by atoms with Gasteiger partial charge in [-0.2, -0.15) is 0 Å². The van der Waals surface area contributed by atoms with Gasteiger partial charge in [0.15, 0.2) is 0 Å². The van der Waals surface area contributed by atoms with Gasteiger partial charge in [-0.3, -0.25) is 0 Å². The lowest BCUT2D eigenvalue weighted by molar-refractivity contribution is -0.0282. The molecule has 0 spiro atoms. The van der Waals surface area contributed by atoms with Gasteiger partial charge in [-0.15, -0.1) is 0 Å². The molecule has 5 rings (SSSR count). The van der Waals surface area contributed by atoms with Crippen molar-refractivity contribution in [3.63, 3.8) is 0 Å². The molecular weight excluding hydrogens is 292 g/mol. The molecule has 3 aliphatic carbocycles. The molecule has 2 bridgehead atoms. The Bertz CT molecular complexity index is 709. The molecule has 2 aromatic carbocycles.